The maximum absolute atomic E-state index is 12.4. The van der Waals surface area contributed by atoms with Gasteiger partial charge in [-0.2, -0.15) is 0 Å². The number of piperidine rings is 1. The number of aliphatic hydroxyl groups is 1. The van der Waals surface area contributed by atoms with Crippen LogP contribution in [-0.4, -0.2) is 81.5 Å². The van der Waals surface area contributed by atoms with Crippen molar-refractivity contribution in [3.8, 4) is 0 Å². The fourth-order valence-electron chi connectivity index (χ4n) is 2.36. The summed E-state index contributed by atoms with van der Waals surface area (Å²) in [7, 11) is -0.0638. The molecule has 0 radical (unpaired) electrons. The van der Waals surface area contributed by atoms with Crippen LogP contribution in [0.4, 0.5) is 0 Å². The van der Waals surface area contributed by atoms with Crippen LogP contribution < -0.4 is 0 Å². The van der Waals surface area contributed by atoms with Crippen molar-refractivity contribution in [2.24, 2.45) is 0 Å². The minimum absolute atomic E-state index is 0.154. The van der Waals surface area contributed by atoms with E-state index in [4.69, 9.17) is 9.84 Å². The van der Waals surface area contributed by atoms with Gasteiger partial charge >= 0.3 is 0 Å². The number of ether oxygens (including phenoxy) is 1. The molecule has 0 saturated carbocycles. The molecule has 1 unspecified atom stereocenters. The van der Waals surface area contributed by atoms with Gasteiger partial charge in [0, 0.05) is 40.4 Å². The molecule has 0 spiro atoms. The average molecular weight is 294 g/mol. The molecule has 1 aliphatic heterocycles. The molecule has 1 fully saturated rings. The van der Waals surface area contributed by atoms with E-state index in [9.17, 15) is 8.42 Å². The number of methoxy groups -OCH3 is 1. The Morgan fingerprint density at radius 3 is 2.84 bits per heavy atom. The molecule has 1 saturated heterocycles. The van der Waals surface area contributed by atoms with E-state index in [2.05, 4.69) is 4.90 Å². The molecule has 19 heavy (non-hydrogen) atoms. The molecule has 0 aromatic heterocycles. The Balaban J connectivity index is 2.56. The van der Waals surface area contributed by atoms with Gasteiger partial charge in [-0.1, -0.05) is 0 Å². The normalized spacial score (nSPS) is 22.0. The van der Waals surface area contributed by atoms with Gasteiger partial charge in [0.1, 0.15) is 0 Å². The summed E-state index contributed by atoms with van der Waals surface area (Å²) >= 11 is 0. The van der Waals surface area contributed by atoms with Crippen molar-refractivity contribution in [2.45, 2.75) is 24.5 Å². The van der Waals surface area contributed by atoms with Crippen LogP contribution in [0.15, 0.2) is 0 Å². The molecular weight excluding hydrogens is 268 g/mol. The first kappa shape index (κ1) is 16.8. The largest absolute Gasteiger partial charge is 0.396 e. The second kappa shape index (κ2) is 8.16. The molecule has 0 aliphatic carbocycles. The van der Waals surface area contributed by atoms with Crippen LogP contribution in [0.3, 0.4) is 0 Å². The molecule has 7 heteroatoms. The zero-order valence-corrected chi connectivity index (χ0v) is 12.7. The third kappa shape index (κ3) is 5.00. The highest BCUT2D eigenvalue weighted by Crippen LogP contribution is 2.19. The molecule has 0 amide bonds. The molecule has 0 aromatic carbocycles. The number of hydrogen-bond donors (Lipinski definition) is 1. The Morgan fingerprint density at radius 2 is 2.21 bits per heavy atom. The fraction of sp³-hybridized carbons (Fsp3) is 1.00. The van der Waals surface area contributed by atoms with Crippen molar-refractivity contribution in [2.75, 3.05) is 53.6 Å². The monoisotopic (exact) mass is 294 g/mol. The zero-order valence-electron chi connectivity index (χ0n) is 11.9. The van der Waals surface area contributed by atoms with Crippen LogP contribution in [0.25, 0.3) is 0 Å². The van der Waals surface area contributed by atoms with Crippen molar-refractivity contribution in [3.05, 3.63) is 0 Å². The standard InChI is InChI=1S/C12H26N2O4S/c1-13(8-10-18-2)19(16,17)12-5-3-6-14(11-12)7-4-9-15/h12,15H,3-11H2,1-2H3. The second-order valence-electron chi connectivity index (χ2n) is 5.00. The second-order valence-corrected chi connectivity index (χ2v) is 7.32. The van der Waals surface area contributed by atoms with Crippen molar-refractivity contribution in [3.63, 3.8) is 0 Å². The van der Waals surface area contributed by atoms with Gasteiger partial charge in [-0.15, -0.1) is 0 Å². The molecule has 1 heterocycles. The lowest BCUT2D eigenvalue weighted by Gasteiger charge is -2.34. The molecule has 1 atom stereocenters. The topological polar surface area (TPSA) is 70.1 Å². The third-order valence-corrected chi connectivity index (χ3v) is 5.84. The molecule has 0 aromatic rings. The van der Waals surface area contributed by atoms with Gasteiger partial charge in [-0.05, 0) is 25.8 Å². The lowest BCUT2D eigenvalue weighted by Crippen LogP contribution is -2.47. The van der Waals surface area contributed by atoms with E-state index in [1.165, 1.54) is 4.31 Å². The quantitative estimate of drug-likeness (QED) is 0.668. The van der Waals surface area contributed by atoms with E-state index in [0.717, 1.165) is 25.9 Å². The number of nitrogens with zero attached hydrogens (tertiary/aromatic N) is 2. The van der Waals surface area contributed by atoms with Crippen LogP contribution in [0.1, 0.15) is 19.3 Å². The third-order valence-electron chi connectivity index (χ3n) is 3.56. The minimum Gasteiger partial charge on any atom is -0.396 e. The number of likely N-dealkylation sites (tertiary alicyclic amines) is 1. The Hall–Kier alpha value is -0.210. The Bertz CT molecular complexity index is 348. The molecule has 114 valence electrons. The van der Waals surface area contributed by atoms with Crippen molar-refractivity contribution in [1.82, 2.24) is 9.21 Å². The smallest absolute Gasteiger partial charge is 0.218 e. The van der Waals surface area contributed by atoms with Gasteiger partial charge in [-0.25, -0.2) is 12.7 Å². The summed E-state index contributed by atoms with van der Waals surface area (Å²) in [6, 6.07) is 0. The molecule has 1 aliphatic rings. The van der Waals surface area contributed by atoms with Crippen LogP contribution in [-0.2, 0) is 14.8 Å². The summed E-state index contributed by atoms with van der Waals surface area (Å²) < 4.78 is 31.1. The SMILES string of the molecule is COCCN(C)S(=O)(=O)C1CCCN(CCCO)C1. The van der Waals surface area contributed by atoms with Gasteiger partial charge in [0.2, 0.25) is 10.0 Å². The summed E-state index contributed by atoms with van der Waals surface area (Å²) in [5.41, 5.74) is 0. The van der Waals surface area contributed by atoms with Crippen LogP contribution in [0.5, 0.6) is 0 Å². The Labute approximate surface area is 116 Å². The van der Waals surface area contributed by atoms with E-state index in [1.807, 2.05) is 0 Å². The summed E-state index contributed by atoms with van der Waals surface area (Å²) in [4.78, 5) is 2.13. The Morgan fingerprint density at radius 1 is 1.47 bits per heavy atom. The lowest BCUT2D eigenvalue weighted by molar-refractivity contribution is 0.181. The first-order valence-electron chi connectivity index (χ1n) is 6.79. The van der Waals surface area contributed by atoms with Crippen molar-refractivity contribution in [1.29, 1.82) is 0 Å². The molecule has 6 nitrogen and oxygen atoms in total. The van der Waals surface area contributed by atoms with Gasteiger partial charge < -0.3 is 14.7 Å². The van der Waals surface area contributed by atoms with E-state index in [-0.39, 0.29) is 11.9 Å². The number of sulfonamides is 1. The average Bonchev–Trinajstić information content (AvgIpc) is 2.42. The molecule has 0 bridgehead atoms. The molecule has 1 rings (SSSR count). The lowest BCUT2D eigenvalue weighted by atomic mass is 10.1. The highest BCUT2D eigenvalue weighted by Gasteiger charge is 2.33. The maximum atomic E-state index is 12.4. The predicted octanol–water partition coefficient (Wildman–Crippen LogP) is -0.259. The van der Waals surface area contributed by atoms with Gasteiger partial charge in [0.15, 0.2) is 0 Å². The summed E-state index contributed by atoms with van der Waals surface area (Å²) in [6.45, 7) is 3.22. The summed E-state index contributed by atoms with van der Waals surface area (Å²) in [5, 5.41) is 8.51. The van der Waals surface area contributed by atoms with Crippen LogP contribution >= 0.6 is 0 Å². The van der Waals surface area contributed by atoms with E-state index < -0.39 is 10.0 Å². The van der Waals surface area contributed by atoms with Crippen LogP contribution in [0.2, 0.25) is 0 Å². The number of aliphatic hydroxyl groups excluding tert-OH is 1. The van der Waals surface area contributed by atoms with E-state index >= 15 is 0 Å². The first-order valence-corrected chi connectivity index (χ1v) is 8.30. The highest BCUT2D eigenvalue weighted by atomic mass is 32.2. The first-order chi connectivity index (χ1) is 9.02. The zero-order chi connectivity index (χ0) is 14.3. The minimum atomic E-state index is -3.24. The highest BCUT2D eigenvalue weighted by molar-refractivity contribution is 7.89. The fourth-order valence-corrected chi connectivity index (χ4v) is 4.06. The molecular formula is C12H26N2O4S. The van der Waals surface area contributed by atoms with Crippen molar-refractivity contribution < 1.29 is 18.3 Å². The maximum Gasteiger partial charge on any atom is 0.218 e. The summed E-state index contributed by atoms with van der Waals surface area (Å²) in [6.07, 6.45) is 2.31. The number of likely N-dealkylation sites (N-methyl/N-ethyl adjacent to an activating group) is 1. The Kier molecular flexibility index (Phi) is 7.23. The van der Waals surface area contributed by atoms with Crippen LogP contribution in [0, 0.1) is 0 Å². The van der Waals surface area contributed by atoms with E-state index in [0.29, 0.717) is 26.1 Å². The van der Waals surface area contributed by atoms with Crippen molar-refractivity contribution >= 4 is 10.0 Å². The number of hydrogen-bond acceptors (Lipinski definition) is 5. The van der Waals surface area contributed by atoms with E-state index in [1.54, 1.807) is 14.2 Å². The number of rotatable bonds is 8. The molecule has 1 N–H and O–H groups in total. The van der Waals surface area contributed by atoms with Gasteiger partial charge in [-0.3, -0.25) is 0 Å². The summed E-state index contributed by atoms with van der Waals surface area (Å²) in [5.74, 6) is 0. The predicted molar refractivity (Wildman–Crippen MR) is 74.6 cm³/mol. The van der Waals surface area contributed by atoms with Gasteiger partial charge in [0.25, 0.3) is 0 Å². The van der Waals surface area contributed by atoms with Gasteiger partial charge in [0.05, 0.1) is 11.9 Å².